The Balaban J connectivity index is 1.51. The summed E-state index contributed by atoms with van der Waals surface area (Å²) in [7, 11) is 6.04. The maximum atomic E-state index is 13.1. The van der Waals surface area contributed by atoms with E-state index in [-0.39, 0.29) is 24.1 Å². The van der Waals surface area contributed by atoms with Gasteiger partial charge < -0.3 is 29.6 Å². The fourth-order valence-corrected chi connectivity index (χ4v) is 4.87. The monoisotopic (exact) mass is 641 g/mol. The first-order valence-electron chi connectivity index (χ1n) is 12.2. The molecule has 0 saturated heterocycles. The third-order valence-electron chi connectivity index (χ3n) is 5.83. The van der Waals surface area contributed by atoms with Gasteiger partial charge in [-0.25, -0.2) is 0 Å². The predicted molar refractivity (Wildman–Crippen MR) is 159 cm³/mol. The van der Waals surface area contributed by atoms with E-state index in [0.29, 0.717) is 45.2 Å². The molecule has 13 heteroatoms. The molecule has 0 aliphatic rings. The van der Waals surface area contributed by atoms with E-state index in [2.05, 4.69) is 36.8 Å². The highest BCUT2D eigenvalue weighted by molar-refractivity contribution is 9.10. The molecule has 0 unspecified atom stereocenters. The van der Waals surface area contributed by atoms with Gasteiger partial charge in [0.1, 0.15) is 5.75 Å². The van der Waals surface area contributed by atoms with Crippen LogP contribution in [0.4, 0.5) is 5.69 Å². The molecule has 4 rings (SSSR count). The summed E-state index contributed by atoms with van der Waals surface area (Å²) in [6, 6.07) is 17.8. The summed E-state index contributed by atoms with van der Waals surface area (Å²) in [5.74, 6) is 1.81. The van der Waals surface area contributed by atoms with Crippen molar-refractivity contribution in [2.75, 3.05) is 39.5 Å². The van der Waals surface area contributed by atoms with E-state index in [1.54, 1.807) is 48.1 Å². The lowest BCUT2D eigenvalue weighted by Gasteiger charge is -2.14. The number of hydrogen-bond donors (Lipinski definition) is 2. The van der Waals surface area contributed by atoms with Crippen LogP contribution in [-0.2, 0) is 11.3 Å². The summed E-state index contributed by atoms with van der Waals surface area (Å²) in [5.41, 5.74) is 1.74. The van der Waals surface area contributed by atoms with E-state index in [0.717, 1.165) is 10.2 Å². The van der Waals surface area contributed by atoms with Gasteiger partial charge in [-0.2, -0.15) is 0 Å². The molecule has 2 N–H and O–H groups in total. The number of thioether (sulfide) groups is 1. The Labute approximate surface area is 249 Å². The van der Waals surface area contributed by atoms with Gasteiger partial charge >= 0.3 is 0 Å². The first-order chi connectivity index (χ1) is 19.9. The summed E-state index contributed by atoms with van der Waals surface area (Å²) in [6.45, 7) is 0.0666. The Bertz CT molecular complexity index is 1490. The molecule has 214 valence electrons. The van der Waals surface area contributed by atoms with E-state index < -0.39 is 0 Å². The quantitative estimate of drug-likeness (QED) is 0.211. The second-order valence-corrected chi connectivity index (χ2v) is 10.2. The molecule has 4 aromatic rings. The van der Waals surface area contributed by atoms with Gasteiger partial charge in [0.15, 0.2) is 22.5 Å². The summed E-state index contributed by atoms with van der Waals surface area (Å²) in [4.78, 5) is 25.7. The first-order valence-corrected chi connectivity index (χ1v) is 14.0. The van der Waals surface area contributed by atoms with Gasteiger partial charge in [-0.05, 0) is 60.7 Å². The molecule has 0 radical (unpaired) electrons. The number of aromatic nitrogens is 3. The van der Waals surface area contributed by atoms with Gasteiger partial charge in [0.25, 0.3) is 5.91 Å². The number of benzene rings is 3. The van der Waals surface area contributed by atoms with E-state index >= 15 is 0 Å². The van der Waals surface area contributed by atoms with Gasteiger partial charge in [-0.3, -0.25) is 14.2 Å². The fourth-order valence-electron chi connectivity index (χ4n) is 3.83. The Morgan fingerprint density at radius 2 is 1.54 bits per heavy atom. The highest BCUT2D eigenvalue weighted by Gasteiger charge is 2.20. The predicted octanol–water partition coefficient (Wildman–Crippen LogP) is 4.73. The van der Waals surface area contributed by atoms with Crippen LogP contribution in [0.25, 0.3) is 5.69 Å². The maximum Gasteiger partial charge on any atom is 0.251 e. The minimum Gasteiger partial charge on any atom is -0.497 e. The van der Waals surface area contributed by atoms with Crippen molar-refractivity contribution in [3.63, 3.8) is 0 Å². The van der Waals surface area contributed by atoms with Crippen LogP contribution in [0.3, 0.4) is 0 Å². The largest absolute Gasteiger partial charge is 0.497 e. The van der Waals surface area contributed by atoms with E-state index in [9.17, 15) is 9.59 Å². The minimum absolute atomic E-state index is 0.0666. The van der Waals surface area contributed by atoms with E-state index in [1.807, 2.05) is 24.3 Å². The van der Waals surface area contributed by atoms with Crippen LogP contribution >= 0.6 is 27.7 Å². The lowest BCUT2D eigenvalue weighted by molar-refractivity contribution is -0.113. The van der Waals surface area contributed by atoms with E-state index in [1.165, 1.54) is 33.1 Å². The molecule has 0 aliphatic carbocycles. The van der Waals surface area contributed by atoms with Crippen LogP contribution in [0.15, 0.2) is 70.3 Å². The number of ether oxygens (including phenoxy) is 4. The van der Waals surface area contributed by atoms with Gasteiger partial charge in [0.05, 0.1) is 40.7 Å². The summed E-state index contributed by atoms with van der Waals surface area (Å²) in [6.07, 6.45) is 0. The molecule has 1 heterocycles. The molecular weight excluding hydrogens is 614 g/mol. The lowest BCUT2D eigenvalue weighted by Crippen LogP contribution is -2.25. The zero-order chi connectivity index (χ0) is 29.4. The zero-order valence-corrected chi connectivity index (χ0v) is 25.2. The second-order valence-electron chi connectivity index (χ2n) is 8.37. The molecule has 41 heavy (non-hydrogen) atoms. The summed E-state index contributed by atoms with van der Waals surface area (Å²) < 4.78 is 23.9. The van der Waals surface area contributed by atoms with Crippen LogP contribution in [0.1, 0.15) is 16.2 Å². The van der Waals surface area contributed by atoms with Gasteiger partial charge in [0, 0.05) is 21.4 Å². The molecule has 1 aromatic heterocycles. The van der Waals surface area contributed by atoms with Crippen molar-refractivity contribution < 1.29 is 28.5 Å². The third kappa shape index (κ3) is 7.30. The standard InChI is InChI=1S/C28H28BrN5O6S/c1-37-21-11-7-19(8-12-21)31-25(35)16-41-28-33-32-24(34(28)20-9-5-18(29)6-10-20)15-30-27(36)17-13-22(38-2)26(40-4)23(14-17)39-3/h5-14H,15-16H2,1-4H3,(H,30,36)(H,31,35). The topological polar surface area (TPSA) is 126 Å². The van der Waals surface area contributed by atoms with Crippen LogP contribution in [-0.4, -0.2) is 60.8 Å². The van der Waals surface area contributed by atoms with Crippen molar-refractivity contribution in [3.05, 3.63) is 76.5 Å². The zero-order valence-electron chi connectivity index (χ0n) is 22.8. The van der Waals surface area contributed by atoms with Crippen LogP contribution in [0.5, 0.6) is 23.0 Å². The molecule has 0 atom stereocenters. The molecule has 0 fully saturated rings. The number of nitrogens with zero attached hydrogens (tertiary/aromatic N) is 3. The smallest absolute Gasteiger partial charge is 0.251 e. The molecule has 11 nitrogen and oxygen atoms in total. The Morgan fingerprint density at radius 1 is 0.878 bits per heavy atom. The van der Waals surface area contributed by atoms with Gasteiger partial charge in [-0.1, -0.05) is 27.7 Å². The summed E-state index contributed by atoms with van der Waals surface area (Å²) >= 11 is 4.68. The normalized spacial score (nSPS) is 10.6. The average Bonchev–Trinajstić information content (AvgIpc) is 3.41. The van der Waals surface area contributed by atoms with Crippen molar-refractivity contribution in [1.29, 1.82) is 0 Å². The lowest BCUT2D eigenvalue weighted by atomic mass is 10.1. The third-order valence-corrected chi connectivity index (χ3v) is 7.28. The van der Waals surface area contributed by atoms with Crippen LogP contribution in [0.2, 0.25) is 0 Å². The fraction of sp³-hybridized carbons (Fsp3) is 0.214. The SMILES string of the molecule is COc1ccc(NC(=O)CSc2nnc(CNC(=O)c3cc(OC)c(OC)c(OC)c3)n2-c2ccc(Br)cc2)cc1. The maximum absolute atomic E-state index is 13.1. The molecule has 2 amide bonds. The minimum atomic E-state index is -0.373. The Hall–Kier alpha value is -4.23. The number of halogens is 1. The number of carbonyl (C=O) groups is 2. The molecular formula is C28H28BrN5O6S. The van der Waals surface area contributed by atoms with Gasteiger partial charge in [0.2, 0.25) is 11.7 Å². The first kappa shape index (κ1) is 29.7. The second kappa shape index (κ2) is 13.9. The van der Waals surface area contributed by atoms with Crippen LogP contribution < -0.4 is 29.6 Å². The average molecular weight is 643 g/mol. The number of methoxy groups -OCH3 is 4. The van der Waals surface area contributed by atoms with Crippen molar-refractivity contribution in [3.8, 4) is 28.7 Å². The molecule has 3 aromatic carbocycles. The highest BCUT2D eigenvalue weighted by Crippen LogP contribution is 2.38. The van der Waals surface area contributed by atoms with Crippen molar-refractivity contribution in [2.24, 2.45) is 0 Å². The molecule has 0 spiro atoms. The van der Waals surface area contributed by atoms with Gasteiger partial charge in [-0.15, -0.1) is 10.2 Å². The number of nitrogens with one attached hydrogen (secondary N) is 2. The Morgan fingerprint density at radius 3 is 2.12 bits per heavy atom. The number of hydrogen-bond acceptors (Lipinski definition) is 9. The highest BCUT2D eigenvalue weighted by atomic mass is 79.9. The molecule has 0 saturated carbocycles. The van der Waals surface area contributed by atoms with E-state index in [4.69, 9.17) is 18.9 Å². The van der Waals surface area contributed by atoms with Crippen molar-refractivity contribution in [2.45, 2.75) is 11.7 Å². The van der Waals surface area contributed by atoms with Crippen molar-refractivity contribution in [1.82, 2.24) is 20.1 Å². The molecule has 0 aliphatic heterocycles. The number of rotatable bonds is 12. The molecule has 0 bridgehead atoms. The number of anilines is 1. The number of amides is 2. The summed E-state index contributed by atoms with van der Waals surface area (Å²) in [5, 5.41) is 14.8. The van der Waals surface area contributed by atoms with Crippen molar-refractivity contribution >= 4 is 45.2 Å². The van der Waals surface area contributed by atoms with Crippen LogP contribution in [0, 0.1) is 0 Å². The number of carbonyl (C=O) groups excluding carboxylic acids is 2. The Kier molecular flexibility index (Phi) is 10.1.